The lowest BCUT2D eigenvalue weighted by molar-refractivity contribution is 0.323. The first kappa shape index (κ1) is 22.4. The number of guanidine groups is 1. The molecule has 8 heteroatoms. The van der Waals surface area contributed by atoms with Crippen molar-refractivity contribution in [2.75, 3.05) is 28.4 Å². The van der Waals surface area contributed by atoms with Crippen molar-refractivity contribution in [1.82, 2.24) is 15.8 Å². The first-order valence-corrected chi connectivity index (χ1v) is 9.78. The number of aliphatic imine (C=N–C) groups is 1. The van der Waals surface area contributed by atoms with Crippen molar-refractivity contribution in [3.8, 4) is 17.2 Å². The Hall–Kier alpha value is -2.90. The molecule has 0 fully saturated rings. The summed E-state index contributed by atoms with van der Waals surface area (Å²) in [7, 11) is 6.51. The number of ether oxygens (including phenoxy) is 3. The summed E-state index contributed by atoms with van der Waals surface area (Å²) < 4.78 is 21.6. The Morgan fingerprint density at radius 3 is 2.14 bits per heavy atom. The first-order chi connectivity index (χ1) is 14.1. The number of aromatic nitrogens is 1. The molecule has 0 saturated heterocycles. The Bertz CT molecular complexity index is 775. The van der Waals surface area contributed by atoms with Crippen LogP contribution in [-0.2, 0) is 13.1 Å². The highest BCUT2D eigenvalue weighted by Gasteiger charge is 2.14. The number of hydrogen-bond donors (Lipinski definition) is 2. The van der Waals surface area contributed by atoms with E-state index in [2.05, 4.69) is 34.6 Å². The van der Waals surface area contributed by atoms with Crippen LogP contribution in [0.2, 0.25) is 0 Å². The maximum absolute atomic E-state index is 5.45. The number of hydrogen-bond acceptors (Lipinski definition) is 6. The summed E-state index contributed by atoms with van der Waals surface area (Å²) in [6.07, 6.45) is 2.10. The zero-order valence-electron chi connectivity index (χ0n) is 18.2. The Labute approximate surface area is 172 Å². The van der Waals surface area contributed by atoms with Crippen LogP contribution in [0.15, 0.2) is 27.7 Å². The molecule has 0 aliphatic carbocycles. The lowest BCUT2D eigenvalue weighted by Crippen LogP contribution is -2.36. The van der Waals surface area contributed by atoms with Gasteiger partial charge in [-0.05, 0) is 30.5 Å². The van der Waals surface area contributed by atoms with E-state index in [0.717, 1.165) is 29.9 Å². The van der Waals surface area contributed by atoms with Gasteiger partial charge in [0.25, 0.3) is 0 Å². The van der Waals surface area contributed by atoms with E-state index < -0.39 is 0 Å². The monoisotopic (exact) mass is 404 g/mol. The highest BCUT2D eigenvalue weighted by Crippen LogP contribution is 2.38. The Balaban J connectivity index is 1.97. The van der Waals surface area contributed by atoms with Gasteiger partial charge >= 0.3 is 0 Å². The molecule has 29 heavy (non-hydrogen) atoms. The van der Waals surface area contributed by atoms with Crippen LogP contribution < -0.4 is 24.8 Å². The summed E-state index contributed by atoms with van der Waals surface area (Å²) in [5, 5.41) is 10.7. The fraction of sp³-hybridized carbons (Fsp3) is 0.524. The third kappa shape index (κ3) is 5.79. The van der Waals surface area contributed by atoms with E-state index in [1.165, 1.54) is 0 Å². The quantitative estimate of drug-likeness (QED) is 0.463. The van der Waals surface area contributed by atoms with Crippen molar-refractivity contribution in [2.24, 2.45) is 4.99 Å². The molecule has 0 spiro atoms. The minimum absolute atomic E-state index is 0.435. The molecular formula is C21H32N4O4. The largest absolute Gasteiger partial charge is 0.493 e. The number of methoxy groups -OCH3 is 3. The standard InChI is InChI=1S/C21H32N4O4/c1-7-15(8-2)17-11-16(29-25-17)13-24-21(22-3)23-12-14-9-18(26-4)20(28-6)19(10-14)27-5/h9-11,15H,7-8,12-13H2,1-6H3,(H2,22,23,24). The van der Waals surface area contributed by atoms with Crippen LogP contribution in [0.1, 0.15) is 49.6 Å². The van der Waals surface area contributed by atoms with Gasteiger partial charge in [-0.15, -0.1) is 0 Å². The van der Waals surface area contributed by atoms with Crippen LogP contribution in [-0.4, -0.2) is 39.5 Å². The SMILES string of the molecule is CCC(CC)c1cc(CNC(=NC)NCc2cc(OC)c(OC)c(OC)c2)on1. The third-order valence-corrected chi connectivity index (χ3v) is 4.82. The minimum atomic E-state index is 0.435. The molecule has 0 atom stereocenters. The normalized spacial score (nSPS) is 11.5. The van der Waals surface area contributed by atoms with Crippen LogP contribution in [0.3, 0.4) is 0 Å². The second-order valence-corrected chi connectivity index (χ2v) is 6.54. The van der Waals surface area contributed by atoms with Gasteiger partial charge < -0.3 is 29.4 Å². The van der Waals surface area contributed by atoms with E-state index in [4.69, 9.17) is 18.7 Å². The molecule has 2 aromatic rings. The highest BCUT2D eigenvalue weighted by molar-refractivity contribution is 5.79. The molecule has 0 bridgehead atoms. The number of nitrogens with zero attached hydrogens (tertiary/aromatic N) is 2. The summed E-state index contributed by atoms with van der Waals surface area (Å²) in [5.41, 5.74) is 1.98. The second-order valence-electron chi connectivity index (χ2n) is 6.54. The van der Waals surface area contributed by atoms with Crippen LogP contribution in [0.25, 0.3) is 0 Å². The Kier molecular flexibility index (Phi) is 8.64. The molecule has 0 unspecified atom stereocenters. The molecule has 1 aromatic heterocycles. The van der Waals surface area contributed by atoms with Gasteiger partial charge in [-0.3, -0.25) is 4.99 Å². The average Bonchev–Trinajstić information content (AvgIpc) is 3.22. The predicted octanol–water partition coefficient (Wildman–Crippen LogP) is 3.47. The third-order valence-electron chi connectivity index (χ3n) is 4.82. The van der Waals surface area contributed by atoms with Gasteiger partial charge in [0.15, 0.2) is 23.2 Å². The summed E-state index contributed by atoms with van der Waals surface area (Å²) in [4.78, 5) is 4.26. The molecule has 0 aliphatic heterocycles. The fourth-order valence-electron chi connectivity index (χ4n) is 3.13. The molecule has 8 nitrogen and oxygen atoms in total. The van der Waals surface area contributed by atoms with Crippen LogP contribution in [0.4, 0.5) is 0 Å². The summed E-state index contributed by atoms with van der Waals surface area (Å²) in [6, 6.07) is 5.82. The van der Waals surface area contributed by atoms with Gasteiger partial charge in [-0.2, -0.15) is 0 Å². The van der Waals surface area contributed by atoms with E-state index in [1.807, 2.05) is 18.2 Å². The van der Waals surface area contributed by atoms with E-state index in [-0.39, 0.29) is 0 Å². The zero-order valence-corrected chi connectivity index (χ0v) is 18.2. The van der Waals surface area contributed by atoms with Crippen molar-refractivity contribution in [2.45, 2.75) is 45.7 Å². The molecule has 160 valence electrons. The first-order valence-electron chi connectivity index (χ1n) is 9.78. The molecule has 1 heterocycles. The van der Waals surface area contributed by atoms with Crippen LogP contribution in [0.5, 0.6) is 17.2 Å². The van der Waals surface area contributed by atoms with Gasteiger partial charge in [-0.25, -0.2) is 0 Å². The fourth-order valence-corrected chi connectivity index (χ4v) is 3.13. The van der Waals surface area contributed by atoms with Crippen molar-refractivity contribution in [1.29, 1.82) is 0 Å². The van der Waals surface area contributed by atoms with Gasteiger partial charge in [0, 0.05) is 25.6 Å². The molecule has 0 amide bonds. The molecule has 0 radical (unpaired) electrons. The van der Waals surface area contributed by atoms with Crippen LogP contribution in [0, 0.1) is 0 Å². The van der Waals surface area contributed by atoms with Crippen molar-refractivity contribution >= 4 is 5.96 Å². The second kappa shape index (κ2) is 11.2. The van der Waals surface area contributed by atoms with Crippen molar-refractivity contribution < 1.29 is 18.7 Å². The minimum Gasteiger partial charge on any atom is -0.493 e. The summed E-state index contributed by atoms with van der Waals surface area (Å²) in [6.45, 7) is 5.36. The summed E-state index contributed by atoms with van der Waals surface area (Å²) in [5.74, 6) is 3.66. The van der Waals surface area contributed by atoms with Gasteiger partial charge in [0.05, 0.1) is 33.6 Å². The van der Waals surface area contributed by atoms with Gasteiger partial charge in [0.1, 0.15) is 0 Å². The van der Waals surface area contributed by atoms with E-state index in [1.54, 1.807) is 28.4 Å². The van der Waals surface area contributed by atoms with Crippen LogP contribution >= 0.6 is 0 Å². The maximum Gasteiger partial charge on any atom is 0.203 e. The maximum atomic E-state index is 5.45. The van der Waals surface area contributed by atoms with E-state index in [0.29, 0.717) is 42.2 Å². The molecule has 2 N–H and O–H groups in total. The smallest absolute Gasteiger partial charge is 0.203 e. The average molecular weight is 405 g/mol. The molecule has 0 saturated carbocycles. The van der Waals surface area contributed by atoms with Gasteiger partial charge in [0.2, 0.25) is 5.75 Å². The lowest BCUT2D eigenvalue weighted by Gasteiger charge is -2.15. The number of nitrogens with one attached hydrogen (secondary N) is 2. The molecular weight excluding hydrogens is 372 g/mol. The summed E-state index contributed by atoms with van der Waals surface area (Å²) >= 11 is 0. The van der Waals surface area contributed by atoms with E-state index >= 15 is 0 Å². The zero-order chi connectivity index (χ0) is 21.2. The van der Waals surface area contributed by atoms with Crippen molar-refractivity contribution in [3.05, 3.63) is 35.2 Å². The molecule has 1 aromatic carbocycles. The number of rotatable bonds is 10. The van der Waals surface area contributed by atoms with Gasteiger partial charge in [-0.1, -0.05) is 19.0 Å². The lowest BCUT2D eigenvalue weighted by atomic mass is 9.99. The highest BCUT2D eigenvalue weighted by atomic mass is 16.5. The molecule has 0 aliphatic rings. The predicted molar refractivity (Wildman–Crippen MR) is 113 cm³/mol. The topological polar surface area (TPSA) is 90.1 Å². The Morgan fingerprint density at radius 2 is 1.62 bits per heavy atom. The number of benzene rings is 1. The van der Waals surface area contributed by atoms with E-state index in [9.17, 15) is 0 Å². The van der Waals surface area contributed by atoms with Crippen molar-refractivity contribution in [3.63, 3.8) is 0 Å². The molecule has 2 rings (SSSR count). The Morgan fingerprint density at radius 1 is 1.00 bits per heavy atom.